The smallest absolute Gasteiger partial charge is 0.371 e. The molecule has 0 saturated carbocycles. The molecule has 0 unspecified atom stereocenters. The van der Waals surface area contributed by atoms with Crippen LogP contribution < -0.4 is 4.74 Å². The molecule has 0 atom stereocenters. The number of hydrogen-bond acceptors (Lipinski definition) is 5. The first-order chi connectivity index (χ1) is 9.83. The normalized spacial score (nSPS) is 11.3. The highest BCUT2D eigenvalue weighted by molar-refractivity contribution is 9.10. The molecule has 0 saturated heterocycles. The molecular formula is C13H11BrO6S. The van der Waals surface area contributed by atoms with Gasteiger partial charge in [0.2, 0.25) is 20.7 Å². The maximum absolute atomic E-state index is 12.3. The Kier molecular flexibility index (Phi) is 4.38. The number of hydrogen-bond donors (Lipinski definition) is 1. The largest absolute Gasteiger partial charge is 0.496 e. The number of carboxylic acid groups (broad SMARTS) is 1. The van der Waals surface area contributed by atoms with Crippen LogP contribution in [0.3, 0.4) is 0 Å². The lowest BCUT2D eigenvalue weighted by molar-refractivity contribution is 0.0656. The first kappa shape index (κ1) is 15.6. The topological polar surface area (TPSA) is 93.8 Å². The molecule has 0 aliphatic rings. The van der Waals surface area contributed by atoms with Gasteiger partial charge in [0, 0.05) is 10.0 Å². The Hall–Kier alpha value is -1.80. The van der Waals surface area contributed by atoms with Gasteiger partial charge in [0.1, 0.15) is 5.75 Å². The third-order valence-electron chi connectivity index (χ3n) is 2.69. The van der Waals surface area contributed by atoms with Gasteiger partial charge >= 0.3 is 5.97 Å². The second-order valence-corrected chi connectivity index (χ2v) is 6.98. The molecular weight excluding hydrogens is 364 g/mol. The molecule has 0 radical (unpaired) electrons. The summed E-state index contributed by atoms with van der Waals surface area (Å²) >= 11 is 3.26. The van der Waals surface area contributed by atoms with Gasteiger partial charge in [0.15, 0.2) is 0 Å². The number of methoxy groups -OCH3 is 1. The maximum atomic E-state index is 12.3. The number of rotatable bonds is 5. The Morgan fingerprint density at radius 3 is 2.62 bits per heavy atom. The lowest BCUT2D eigenvalue weighted by Crippen LogP contribution is -2.05. The number of sulfone groups is 1. The first-order valence-electron chi connectivity index (χ1n) is 5.72. The Balaban J connectivity index is 2.37. The first-order valence-corrected chi connectivity index (χ1v) is 8.16. The summed E-state index contributed by atoms with van der Waals surface area (Å²) in [4.78, 5) is 10.7. The zero-order valence-corrected chi connectivity index (χ0v) is 13.3. The monoisotopic (exact) mass is 374 g/mol. The van der Waals surface area contributed by atoms with Crippen molar-refractivity contribution in [2.24, 2.45) is 0 Å². The molecule has 0 spiro atoms. The number of carbonyl (C=O) groups is 1. The third kappa shape index (κ3) is 3.45. The van der Waals surface area contributed by atoms with E-state index in [1.54, 1.807) is 18.2 Å². The number of benzene rings is 1. The van der Waals surface area contributed by atoms with E-state index in [-0.39, 0.29) is 10.8 Å². The van der Waals surface area contributed by atoms with Crippen LogP contribution in [0.4, 0.5) is 0 Å². The number of furan rings is 1. The SMILES string of the molecule is COc1ccc(Br)cc1CS(=O)(=O)c1ccc(C(=O)O)o1. The molecule has 0 bridgehead atoms. The van der Waals surface area contributed by atoms with Crippen LogP contribution in [-0.4, -0.2) is 26.6 Å². The van der Waals surface area contributed by atoms with Crippen LogP contribution in [0.25, 0.3) is 0 Å². The molecule has 2 aromatic rings. The van der Waals surface area contributed by atoms with Crippen LogP contribution >= 0.6 is 15.9 Å². The molecule has 8 heteroatoms. The van der Waals surface area contributed by atoms with Gasteiger partial charge in [-0.15, -0.1) is 0 Å². The molecule has 6 nitrogen and oxygen atoms in total. The zero-order valence-electron chi connectivity index (χ0n) is 10.9. The quantitative estimate of drug-likeness (QED) is 0.864. The molecule has 1 aromatic carbocycles. The summed E-state index contributed by atoms with van der Waals surface area (Å²) in [5.74, 6) is -1.68. The summed E-state index contributed by atoms with van der Waals surface area (Å²) in [6.07, 6.45) is 0. The molecule has 0 fully saturated rings. The van der Waals surface area contributed by atoms with E-state index >= 15 is 0 Å². The van der Waals surface area contributed by atoms with Gasteiger partial charge in [0.25, 0.3) is 0 Å². The Bertz CT molecular complexity index is 778. The van der Waals surface area contributed by atoms with E-state index in [0.717, 1.165) is 12.1 Å². The average Bonchev–Trinajstić information content (AvgIpc) is 2.89. The minimum atomic E-state index is -3.81. The number of aromatic carboxylic acids is 1. The number of ether oxygens (including phenoxy) is 1. The highest BCUT2D eigenvalue weighted by Crippen LogP contribution is 2.27. The fraction of sp³-hybridized carbons (Fsp3) is 0.154. The summed E-state index contributed by atoms with van der Waals surface area (Å²) < 4.78 is 35.2. The lowest BCUT2D eigenvalue weighted by Gasteiger charge is -2.08. The highest BCUT2D eigenvalue weighted by atomic mass is 79.9. The van der Waals surface area contributed by atoms with Gasteiger partial charge in [-0.1, -0.05) is 15.9 Å². The van der Waals surface area contributed by atoms with Crippen molar-refractivity contribution in [1.82, 2.24) is 0 Å². The lowest BCUT2D eigenvalue weighted by atomic mass is 10.2. The minimum absolute atomic E-state index is 0.359. The Morgan fingerprint density at radius 1 is 1.33 bits per heavy atom. The molecule has 0 amide bonds. The molecule has 1 heterocycles. The predicted molar refractivity (Wildman–Crippen MR) is 77.3 cm³/mol. The van der Waals surface area contributed by atoms with E-state index in [0.29, 0.717) is 15.8 Å². The van der Waals surface area contributed by atoms with Crippen molar-refractivity contribution in [3.63, 3.8) is 0 Å². The van der Waals surface area contributed by atoms with Gasteiger partial charge in [-0.3, -0.25) is 0 Å². The van der Waals surface area contributed by atoms with Crippen molar-refractivity contribution in [2.75, 3.05) is 7.11 Å². The molecule has 1 aromatic heterocycles. The van der Waals surface area contributed by atoms with Crippen molar-refractivity contribution < 1.29 is 27.5 Å². The molecule has 2 rings (SSSR count). The van der Waals surface area contributed by atoms with Gasteiger partial charge in [-0.25, -0.2) is 13.2 Å². The second-order valence-electron chi connectivity index (χ2n) is 4.14. The summed E-state index contributed by atoms with van der Waals surface area (Å²) in [7, 11) is -2.37. The molecule has 1 N–H and O–H groups in total. The van der Waals surface area contributed by atoms with Crippen LogP contribution in [0.5, 0.6) is 5.75 Å². The highest BCUT2D eigenvalue weighted by Gasteiger charge is 2.23. The minimum Gasteiger partial charge on any atom is -0.496 e. The average molecular weight is 375 g/mol. The number of halogens is 1. The Labute approximate surface area is 129 Å². The van der Waals surface area contributed by atoms with Crippen LogP contribution in [0.1, 0.15) is 16.1 Å². The summed E-state index contributed by atoms with van der Waals surface area (Å²) in [5.41, 5.74) is 0.445. The van der Waals surface area contributed by atoms with Crippen molar-refractivity contribution >= 4 is 31.7 Å². The molecule has 0 aliphatic heterocycles. The van der Waals surface area contributed by atoms with Crippen molar-refractivity contribution in [1.29, 1.82) is 0 Å². The molecule has 0 aliphatic carbocycles. The van der Waals surface area contributed by atoms with Crippen molar-refractivity contribution in [3.05, 3.63) is 46.1 Å². The summed E-state index contributed by atoms with van der Waals surface area (Å²) in [5, 5.41) is 8.37. The van der Waals surface area contributed by atoms with Crippen molar-refractivity contribution in [3.8, 4) is 5.75 Å². The van der Waals surface area contributed by atoms with Gasteiger partial charge < -0.3 is 14.3 Å². The van der Waals surface area contributed by atoms with Gasteiger partial charge in [-0.2, -0.15) is 0 Å². The second kappa shape index (κ2) is 5.90. The van der Waals surface area contributed by atoms with Crippen LogP contribution in [0.2, 0.25) is 0 Å². The van der Waals surface area contributed by atoms with Gasteiger partial charge in [0.05, 0.1) is 12.9 Å². The molecule has 112 valence electrons. The Morgan fingerprint density at radius 2 is 2.05 bits per heavy atom. The summed E-state index contributed by atoms with van der Waals surface area (Å²) in [6.45, 7) is 0. The van der Waals surface area contributed by atoms with E-state index < -0.39 is 21.6 Å². The van der Waals surface area contributed by atoms with E-state index in [1.165, 1.54) is 7.11 Å². The molecule has 21 heavy (non-hydrogen) atoms. The van der Waals surface area contributed by atoms with Crippen LogP contribution in [0.15, 0.2) is 44.3 Å². The predicted octanol–water partition coefficient (Wildman–Crippen LogP) is 2.72. The van der Waals surface area contributed by atoms with E-state index in [2.05, 4.69) is 15.9 Å². The standard InChI is InChI=1S/C13H11BrO6S/c1-19-10-3-2-9(14)6-8(10)7-21(17,18)12-5-4-11(20-12)13(15)16/h2-6H,7H2,1H3,(H,15,16). The number of carboxylic acids is 1. The van der Waals surface area contributed by atoms with E-state index in [9.17, 15) is 13.2 Å². The van der Waals surface area contributed by atoms with Crippen LogP contribution in [-0.2, 0) is 15.6 Å². The fourth-order valence-corrected chi connectivity index (χ4v) is 3.42. The van der Waals surface area contributed by atoms with Crippen LogP contribution in [0, 0.1) is 0 Å². The zero-order chi connectivity index (χ0) is 15.6. The van der Waals surface area contributed by atoms with Gasteiger partial charge in [-0.05, 0) is 30.3 Å². The van der Waals surface area contributed by atoms with E-state index in [1.807, 2.05) is 0 Å². The van der Waals surface area contributed by atoms with Crippen molar-refractivity contribution in [2.45, 2.75) is 10.8 Å². The van der Waals surface area contributed by atoms with E-state index in [4.69, 9.17) is 14.3 Å². The fourth-order valence-electron chi connectivity index (χ4n) is 1.74. The maximum Gasteiger partial charge on any atom is 0.371 e. The summed E-state index contributed by atoms with van der Waals surface area (Å²) in [6, 6.07) is 7.22. The third-order valence-corrected chi connectivity index (χ3v) is 4.70.